The molecule has 2 aliphatic rings. The van der Waals surface area contributed by atoms with Gasteiger partial charge in [-0.05, 0) is 48.1 Å². The molecule has 2 heterocycles. The van der Waals surface area contributed by atoms with Crippen molar-refractivity contribution in [1.29, 1.82) is 0 Å². The van der Waals surface area contributed by atoms with Gasteiger partial charge in [-0.2, -0.15) is 0 Å². The van der Waals surface area contributed by atoms with Gasteiger partial charge in [0, 0.05) is 12.2 Å². The maximum absolute atomic E-state index is 13.3. The summed E-state index contributed by atoms with van der Waals surface area (Å²) in [7, 11) is 0. The molecule has 7 nitrogen and oxygen atoms in total. The van der Waals surface area contributed by atoms with Crippen LogP contribution in [0.2, 0.25) is 0 Å². The molecule has 1 N–H and O–H groups in total. The number of nitrogens with one attached hydrogen (secondary N) is 1. The van der Waals surface area contributed by atoms with E-state index in [0.717, 1.165) is 27.6 Å². The van der Waals surface area contributed by atoms with Gasteiger partial charge in [-0.3, -0.25) is 4.79 Å². The molecule has 0 spiro atoms. The van der Waals surface area contributed by atoms with Gasteiger partial charge < -0.3 is 19.7 Å². The molecule has 5 rings (SSSR count). The Morgan fingerprint density at radius 2 is 1.70 bits per heavy atom. The number of ether oxygens (including phenoxy) is 2. The van der Waals surface area contributed by atoms with E-state index < -0.39 is 12.0 Å². The van der Waals surface area contributed by atoms with Crippen LogP contribution >= 0.6 is 11.8 Å². The van der Waals surface area contributed by atoms with Gasteiger partial charge >= 0.3 is 5.97 Å². The van der Waals surface area contributed by atoms with E-state index in [1.807, 2.05) is 102 Å². The van der Waals surface area contributed by atoms with Crippen molar-refractivity contribution < 1.29 is 19.1 Å². The molecule has 3 aromatic carbocycles. The molecule has 0 bridgehead atoms. The lowest BCUT2D eigenvalue weighted by molar-refractivity contribution is -0.139. The SMILES string of the molecule is CCOC(=O)C1=C(C)N=C2SC=C(CC(=O)NCc3ccccc3)N2C1c1cccc(OCc2ccccc2)c1. The first-order valence-electron chi connectivity index (χ1n) is 13.2. The Hall–Kier alpha value is -4.30. The number of esters is 1. The maximum Gasteiger partial charge on any atom is 0.338 e. The van der Waals surface area contributed by atoms with Crippen molar-refractivity contribution in [3.05, 3.63) is 124 Å². The Kier molecular flexibility index (Phi) is 8.66. The van der Waals surface area contributed by atoms with E-state index in [-0.39, 0.29) is 18.9 Å². The first-order valence-corrected chi connectivity index (χ1v) is 14.1. The van der Waals surface area contributed by atoms with Crippen molar-refractivity contribution >= 4 is 28.8 Å². The van der Waals surface area contributed by atoms with E-state index in [1.165, 1.54) is 11.8 Å². The standard InChI is InChI=1S/C32H31N3O4S/c1-3-38-31(37)29-22(2)34-32-35(26(21-40-32)18-28(36)33-19-23-11-6-4-7-12-23)30(29)25-15-10-16-27(17-25)39-20-24-13-8-5-9-14-24/h4-17,21,30H,3,18-20H2,1-2H3,(H,33,36). The van der Waals surface area contributed by atoms with Gasteiger partial charge in [0.1, 0.15) is 12.4 Å². The van der Waals surface area contributed by atoms with E-state index in [4.69, 9.17) is 14.5 Å². The lowest BCUT2D eigenvalue weighted by Gasteiger charge is -2.36. The Balaban J connectivity index is 1.41. The van der Waals surface area contributed by atoms with Crippen LogP contribution in [0.25, 0.3) is 0 Å². The Morgan fingerprint density at radius 3 is 2.42 bits per heavy atom. The average Bonchev–Trinajstić information content (AvgIpc) is 3.37. The lowest BCUT2D eigenvalue weighted by Crippen LogP contribution is -2.38. The molecule has 0 saturated carbocycles. The molecule has 0 saturated heterocycles. The van der Waals surface area contributed by atoms with Crippen LogP contribution in [0.4, 0.5) is 0 Å². The normalized spacial score (nSPS) is 16.1. The van der Waals surface area contributed by atoms with Crippen LogP contribution in [0, 0.1) is 0 Å². The van der Waals surface area contributed by atoms with Gasteiger partial charge in [0.25, 0.3) is 0 Å². The van der Waals surface area contributed by atoms with Gasteiger partial charge in [-0.15, -0.1) is 0 Å². The summed E-state index contributed by atoms with van der Waals surface area (Å²) in [5.74, 6) is 0.150. The largest absolute Gasteiger partial charge is 0.489 e. The number of hydrogen-bond acceptors (Lipinski definition) is 7. The highest BCUT2D eigenvalue weighted by atomic mass is 32.2. The molecule has 2 aliphatic heterocycles. The molecule has 0 fully saturated rings. The minimum absolute atomic E-state index is 0.111. The van der Waals surface area contributed by atoms with Crippen molar-refractivity contribution in [3.8, 4) is 5.75 Å². The Labute approximate surface area is 238 Å². The lowest BCUT2D eigenvalue weighted by atomic mass is 9.93. The summed E-state index contributed by atoms with van der Waals surface area (Å²) in [6.07, 6.45) is 0.148. The van der Waals surface area contributed by atoms with E-state index in [2.05, 4.69) is 5.32 Å². The van der Waals surface area contributed by atoms with Gasteiger partial charge in [0.15, 0.2) is 5.17 Å². The second kappa shape index (κ2) is 12.7. The molecule has 8 heteroatoms. The number of amidine groups is 1. The van der Waals surface area contributed by atoms with Crippen molar-refractivity contribution in [2.24, 2.45) is 4.99 Å². The fourth-order valence-electron chi connectivity index (χ4n) is 4.69. The van der Waals surface area contributed by atoms with Crippen molar-refractivity contribution in [3.63, 3.8) is 0 Å². The molecule has 1 amide bonds. The minimum Gasteiger partial charge on any atom is -0.489 e. The van der Waals surface area contributed by atoms with E-state index in [0.29, 0.717) is 30.2 Å². The summed E-state index contributed by atoms with van der Waals surface area (Å²) >= 11 is 1.45. The molecule has 40 heavy (non-hydrogen) atoms. The smallest absolute Gasteiger partial charge is 0.338 e. The number of carbonyl (C=O) groups is 2. The number of fused-ring (bicyclic) bond motifs is 1. The highest BCUT2D eigenvalue weighted by molar-refractivity contribution is 8.16. The number of benzene rings is 3. The molecule has 3 aromatic rings. The molecule has 204 valence electrons. The number of allylic oxidation sites excluding steroid dienone is 1. The molecular weight excluding hydrogens is 522 g/mol. The second-order valence-electron chi connectivity index (χ2n) is 9.40. The molecule has 1 unspecified atom stereocenters. The van der Waals surface area contributed by atoms with Crippen molar-refractivity contribution in [2.45, 2.75) is 39.5 Å². The number of thioether (sulfide) groups is 1. The van der Waals surface area contributed by atoms with Crippen molar-refractivity contribution in [1.82, 2.24) is 10.2 Å². The van der Waals surface area contributed by atoms with E-state index in [1.54, 1.807) is 6.92 Å². The Bertz CT molecular complexity index is 1470. The first-order chi connectivity index (χ1) is 19.5. The van der Waals surface area contributed by atoms with Crippen LogP contribution in [-0.4, -0.2) is 28.6 Å². The molecule has 0 radical (unpaired) electrons. The van der Waals surface area contributed by atoms with Crippen LogP contribution in [-0.2, 0) is 27.5 Å². The zero-order valence-electron chi connectivity index (χ0n) is 22.5. The fourth-order valence-corrected chi connectivity index (χ4v) is 5.66. The van der Waals surface area contributed by atoms with Crippen LogP contribution in [0.5, 0.6) is 5.75 Å². The highest BCUT2D eigenvalue weighted by Crippen LogP contribution is 2.45. The zero-order valence-corrected chi connectivity index (χ0v) is 23.3. The number of aliphatic imine (C=N–C) groups is 1. The summed E-state index contributed by atoms with van der Waals surface area (Å²) in [5.41, 5.74) is 4.75. The van der Waals surface area contributed by atoms with Gasteiger partial charge in [-0.1, -0.05) is 84.6 Å². The summed E-state index contributed by atoms with van der Waals surface area (Å²) in [5, 5.41) is 5.66. The van der Waals surface area contributed by atoms with Crippen LogP contribution in [0.15, 0.2) is 112 Å². The number of amides is 1. The molecular formula is C32H31N3O4S. The van der Waals surface area contributed by atoms with Gasteiger partial charge in [0.2, 0.25) is 5.91 Å². The van der Waals surface area contributed by atoms with Crippen LogP contribution < -0.4 is 10.1 Å². The first kappa shape index (κ1) is 27.3. The van der Waals surface area contributed by atoms with Crippen molar-refractivity contribution in [2.75, 3.05) is 6.61 Å². The summed E-state index contributed by atoms with van der Waals surface area (Å²) in [6, 6.07) is 26.9. The number of nitrogens with zero attached hydrogens (tertiary/aromatic N) is 2. The third kappa shape index (κ3) is 6.29. The maximum atomic E-state index is 13.3. The topological polar surface area (TPSA) is 80.2 Å². The predicted octanol–water partition coefficient (Wildman–Crippen LogP) is 6.11. The number of rotatable bonds is 10. The number of carbonyl (C=O) groups excluding carboxylic acids is 2. The zero-order chi connectivity index (χ0) is 27.9. The van der Waals surface area contributed by atoms with Gasteiger partial charge in [0.05, 0.1) is 30.3 Å². The van der Waals surface area contributed by atoms with Gasteiger partial charge in [-0.25, -0.2) is 9.79 Å². The summed E-state index contributed by atoms with van der Waals surface area (Å²) in [6.45, 7) is 4.72. The third-order valence-corrected chi connectivity index (χ3v) is 7.48. The summed E-state index contributed by atoms with van der Waals surface area (Å²) in [4.78, 5) is 32.9. The molecule has 0 aromatic heterocycles. The number of hydrogen-bond donors (Lipinski definition) is 1. The molecule has 0 aliphatic carbocycles. The average molecular weight is 554 g/mol. The quantitative estimate of drug-likeness (QED) is 0.305. The molecule has 1 atom stereocenters. The summed E-state index contributed by atoms with van der Waals surface area (Å²) < 4.78 is 11.6. The minimum atomic E-state index is -0.519. The third-order valence-electron chi connectivity index (χ3n) is 6.59. The predicted molar refractivity (Wildman–Crippen MR) is 157 cm³/mol. The van der Waals surface area contributed by atoms with Crippen LogP contribution in [0.3, 0.4) is 0 Å². The second-order valence-corrected chi connectivity index (χ2v) is 10.2. The monoisotopic (exact) mass is 553 g/mol. The van der Waals surface area contributed by atoms with E-state index in [9.17, 15) is 9.59 Å². The highest BCUT2D eigenvalue weighted by Gasteiger charge is 2.41. The fraction of sp³-hybridized carbons (Fsp3) is 0.219. The van der Waals surface area contributed by atoms with Crippen LogP contribution in [0.1, 0.15) is 43.0 Å². The Morgan fingerprint density at radius 1 is 0.975 bits per heavy atom. The van der Waals surface area contributed by atoms with E-state index >= 15 is 0 Å².